The molecule has 0 unspecified atom stereocenters. The van der Waals surface area contributed by atoms with Gasteiger partial charge >= 0.3 is 12.6 Å². The maximum Gasteiger partial charge on any atom is 0.568 e. The average Bonchev–Trinajstić information content (AvgIpc) is 2.57. The summed E-state index contributed by atoms with van der Waals surface area (Å²) in [5, 5.41) is 0. The lowest BCUT2D eigenvalue weighted by Crippen LogP contribution is -2.65. The molecule has 0 saturated heterocycles. The van der Waals surface area contributed by atoms with Crippen molar-refractivity contribution in [2.24, 2.45) is 0 Å². The normalized spacial score (nSPS) is 13.0. The van der Waals surface area contributed by atoms with Crippen LogP contribution in [0.5, 0.6) is 0 Å². The van der Waals surface area contributed by atoms with Crippen LogP contribution in [-0.4, -0.2) is 23.6 Å². The number of halogens is 6. The molecule has 0 heterocycles. The first-order valence-electron chi connectivity index (χ1n) is 8.24. The minimum absolute atomic E-state index is 0.00482. The zero-order valence-electron chi connectivity index (χ0n) is 14.0. The molecule has 2 aromatic rings. The molecule has 0 saturated carbocycles. The average molecular weight is 376 g/mol. The van der Waals surface area contributed by atoms with Crippen LogP contribution in [0.15, 0.2) is 60.7 Å². The van der Waals surface area contributed by atoms with E-state index in [9.17, 15) is 26.3 Å². The summed E-state index contributed by atoms with van der Waals surface area (Å²) in [5.74, 6) is 0. The molecule has 0 atom stereocenters. The highest BCUT2D eigenvalue weighted by Gasteiger charge is 2.70. The quantitative estimate of drug-likeness (QED) is 0.238. The molecule has 0 aromatic heterocycles. The molecule has 2 rings (SSSR count). The van der Waals surface area contributed by atoms with E-state index in [2.05, 4.69) is 0 Å². The molecule has 142 valence electrons. The summed E-state index contributed by atoms with van der Waals surface area (Å²) in [5.41, 5.74) is 0.901. The first kappa shape index (κ1) is 20.3. The second-order valence-corrected chi connectivity index (χ2v) is 6.21. The fraction of sp³-hybridized carbons (Fsp3) is 0.368. The van der Waals surface area contributed by atoms with Gasteiger partial charge in [-0.05, 0) is 24.8 Å². The van der Waals surface area contributed by atoms with Gasteiger partial charge in [0, 0.05) is 5.56 Å². The Morgan fingerprint density at radius 3 is 1.54 bits per heavy atom. The minimum Gasteiger partial charge on any atom is -0.136 e. The van der Waals surface area contributed by atoms with Crippen LogP contribution in [-0.2, 0) is 13.0 Å². The molecule has 0 aliphatic rings. The Balaban J connectivity index is 2.16. The number of alkyl halides is 6. The lowest BCUT2D eigenvalue weighted by atomic mass is 10.1. The van der Waals surface area contributed by atoms with Crippen LogP contribution in [0.3, 0.4) is 0 Å². The van der Waals surface area contributed by atoms with E-state index >= 15 is 0 Å². The SMILES string of the molecule is FC(F)(F)[N+](CCCCc1ccccc1)(Cc1ccccc1)C(F)(F)F. The summed E-state index contributed by atoms with van der Waals surface area (Å²) < 4.78 is 78.5. The zero-order chi connectivity index (χ0) is 19.3. The van der Waals surface area contributed by atoms with Crippen molar-refractivity contribution in [3.63, 3.8) is 0 Å². The van der Waals surface area contributed by atoms with E-state index in [1.807, 2.05) is 0 Å². The number of aryl methyl sites for hydroxylation is 1. The van der Waals surface area contributed by atoms with Crippen LogP contribution >= 0.6 is 0 Å². The van der Waals surface area contributed by atoms with Gasteiger partial charge < -0.3 is 0 Å². The Morgan fingerprint density at radius 2 is 1.08 bits per heavy atom. The summed E-state index contributed by atoms with van der Waals surface area (Å²) in [6.45, 7) is -2.19. The number of benzene rings is 2. The van der Waals surface area contributed by atoms with E-state index in [4.69, 9.17) is 0 Å². The zero-order valence-corrected chi connectivity index (χ0v) is 14.0. The van der Waals surface area contributed by atoms with Crippen molar-refractivity contribution in [1.29, 1.82) is 0 Å². The van der Waals surface area contributed by atoms with E-state index in [1.54, 1.807) is 36.4 Å². The van der Waals surface area contributed by atoms with Gasteiger partial charge in [-0.3, -0.25) is 0 Å². The topological polar surface area (TPSA) is 0 Å². The van der Waals surface area contributed by atoms with Crippen LogP contribution in [0.2, 0.25) is 0 Å². The van der Waals surface area contributed by atoms with E-state index in [-0.39, 0.29) is 18.4 Å². The predicted octanol–water partition coefficient (Wildman–Crippen LogP) is 6.07. The number of hydrogen-bond donors (Lipinski definition) is 0. The molecule has 0 amide bonds. The third-order valence-corrected chi connectivity index (χ3v) is 4.36. The van der Waals surface area contributed by atoms with Crippen LogP contribution in [0.25, 0.3) is 0 Å². The summed E-state index contributed by atoms with van der Waals surface area (Å²) in [6.07, 6.45) is -10.3. The standard InChI is InChI=1S/C19H20F6N/c20-18(21,22)26(19(23,24)25,15-17-12-5-2-6-13-17)14-8-7-11-16-9-3-1-4-10-16/h1-6,9-10,12-13H,7-8,11,14-15H2/q+1. The summed E-state index contributed by atoms with van der Waals surface area (Å²) >= 11 is 0. The number of nitrogens with zero attached hydrogens (tertiary/aromatic N) is 1. The highest BCUT2D eigenvalue weighted by molar-refractivity contribution is 5.15. The fourth-order valence-electron chi connectivity index (χ4n) is 2.91. The lowest BCUT2D eigenvalue weighted by Gasteiger charge is -2.39. The molecular weight excluding hydrogens is 356 g/mol. The van der Waals surface area contributed by atoms with Crippen LogP contribution in [0.1, 0.15) is 24.0 Å². The number of hydrogen-bond acceptors (Lipinski definition) is 0. The number of rotatable bonds is 7. The molecule has 0 aliphatic heterocycles. The second-order valence-electron chi connectivity index (χ2n) is 6.21. The molecule has 1 nitrogen and oxygen atoms in total. The molecule has 0 bridgehead atoms. The third-order valence-electron chi connectivity index (χ3n) is 4.36. The van der Waals surface area contributed by atoms with Crippen molar-refractivity contribution < 1.29 is 30.8 Å². The van der Waals surface area contributed by atoms with Gasteiger partial charge in [0.25, 0.3) is 0 Å². The van der Waals surface area contributed by atoms with Crippen molar-refractivity contribution in [2.45, 2.75) is 38.4 Å². The summed E-state index contributed by atoms with van der Waals surface area (Å²) in [6, 6.07) is 16.0. The van der Waals surface area contributed by atoms with Crippen molar-refractivity contribution in [1.82, 2.24) is 0 Å². The Labute approximate surface area is 148 Å². The van der Waals surface area contributed by atoms with Gasteiger partial charge in [-0.1, -0.05) is 60.7 Å². The monoisotopic (exact) mass is 376 g/mol. The van der Waals surface area contributed by atoms with E-state index in [1.165, 1.54) is 24.3 Å². The van der Waals surface area contributed by atoms with Crippen molar-refractivity contribution in [3.05, 3.63) is 71.8 Å². The molecule has 0 spiro atoms. The van der Waals surface area contributed by atoms with E-state index in [0.717, 1.165) is 5.56 Å². The molecule has 0 aliphatic carbocycles. The van der Waals surface area contributed by atoms with Crippen LogP contribution in [0.4, 0.5) is 26.3 Å². The van der Waals surface area contributed by atoms with Crippen LogP contribution in [0, 0.1) is 0 Å². The predicted molar refractivity (Wildman–Crippen MR) is 86.8 cm³/mol. The molecule has 0 N–H and O–H groups in total. The highest BCUT2D eigenvalue weighted by atomic mass is 19.4. The smallest absolute Gasteiger partial charge is 0.136 e. The number of quaternary nitrogens is 1. The fourth-order valence-corrected chi connectivity index (χ4v) is 2.91. The Morgan fingerprint density at radius 1 is 0.615 bits per heavy atom. The Hall–Kier alpha value is -2.02. The Kier molecular flexibility index (Phi) is 6.34. The van der Waals surface area contributed by atoms with Crippen LogP contribution < -0.4 is 0 Å². The van der Waals surface area contributed by atoms with E-state index < -0.39 is 30.2 Å². The minimum atomic E-state index is -5.43. The molecule has 2 aromatic carbocycles. The summed E-state index contributed by atoms with van der Waals surface area (Å²) in [4.78, 5) is 0. The van der Waals surface area contributed by atoms with Gasteiger partial charge in [0.15, 0.2) is 0 Å². The lowest BCUT2D eigenvalue weighted by molar-refractivity contribution is -1.12. The summed E-state index contributed by atoms with van der Waals surface area (Å²) in [7, 11) is 0. The molecule has 0 radical (unpaired) electrons. The molecular formula is C19H20F6N+. The molecule has 7 heteroatoms. The van der Waals surface area contributed by atoms with Gasteiger partial charge in [0.05, 0.1) is 6.54 Å². The largest absolute Gasteiger partial charge is 0.568 e. The first-order chi connectivity index (χ1) is 12.2. The van der Waals surface area contributed by atoms with Gasteiger partial charge in [-0.2, -0.15) is 0 Å². The maximum absolute atomic E-state index is 13.6. The van der Waals surface area contributed by atoms with Crippen molar-refractivity contribution >= 4 is 0 Å². The second kappa shape index (κ2) is 8.12. The van der Waals surface area contributed by atoms with Gasteiger partial charge in [0.1, 0.15) is 6.54 Å². The van der Waals surface area contributed by atoms with Gasteiger partial charge in [0.2, 0.25) is 0 Å². The van der Waals surface area contributed by atoms with Crippen molar-refractivity contribution in [2.75, 3.05) is 6.54 Å². The van der Waals surface area contributed by atoms with Crippen molar-refractivity contribution in [3.8, 4) is 0 Å². The third kappa shape index (κ3) is 4.78. The van der Waals surface area contributed by atoms with Gasteiger partial charge in [-0.25, -0.2) is 0 Å². The number of unbranched alkanes of at least 4 members (excludes halogenated alkanes) is 1. The van der Waals surface area contributed by atoms with Gasteiger partial charge in [-0.15, -0.1) is 30.8 Å². The Bertz CT molecular complexity index is 650. The highest BCUT2D eigenvalue weighted by Crippen LogP contribution is 2.44. The molecule has 26 heavy (non-hydrogen) atoms. The van der Waals surface area contributed by atoms with E-state index in [0.29, 0.717) is 6.42 Å². The molecule has 0 fully saturated rings. The first-order valence-corrected chi connectivity index (χ1v) is 8.24. The maximum atomic E-state index is 13.6.